The number of aliphatic carboxylic acids is 1. The van der Waals surface area contributed by atoms with Crippen molar-refractivity contribution < 1.29 is 14.7 Å². The van der Waals surface area contributed by atoms with Gasteiger partial charge in [-0.15, -0.1) is 0 Å². The van der Waals surface area contributed by atoms with E-state index in [1.807, 2.05) is 0 Å². The molecule has 0 aromatic heterocycles. The SMILES string of the molecule is CCCCCN.CCCCCNC(=O)CNC.CNCC(=O)O. The zero-order chi connectivity index (χ0) is 18.3. The highest BCUT2D eigenvalue weighted by atomic mass is 16.4. The van der Waals surface area contributed by atoms with E-state index in [1.54, 1.807) is 14.1 Å². The Hall–Kier alpha value is -1.18. The fourth-order valence-electron chi connectivity index (χ4n) is 1.37. The van der Waals surface area contributed by atoms with Crippen LogP contribution in [0.15, 0.2) is 0 Å². The second-order valence-electron chi connectivity index (χ2n) is 5.01. The van der Waals surface area contributed by atoms with E-state index in [1.165, 1.54) is 32.1 Å². The van der Waals surface area contributed by atoms with Gasteiger partial charge < -0.3 is 26.8 Å². The predicted molar refractivity (Wildman–Crippen MR) is 96.6 cm³/mol. The third-order valence-electron chi connectivity index (χ3n) is 2.58. The lowest BCUT2D eigenvalue weighted by Gasteiger charge is -2.02. The summed E-state index contributed by atoms with van der Waals surface area (Å²) >= 11 is 0. The van der Waals surface area contributed by atoms with Crippen LogP contribution in [-0.4, -0.2) is 57.3 Å². The Balaban J connectivity index is -0.000000284. The van der Waals surface area contributed by atoms with E-state index >= 15 is 0 Å². The maximum absolute atomic E-state index is 10.8. The van der Waals surface area contributed by atoms with Gasteiger partial charge in [-0.05, 0) is 33.5 Å². The molecule has 0 radical (unpaired) electrons. The standard InChI is InChI=1S/C8H18N2O.C5H13N.C3H7NO2/c1-3-4-5-6-10-8(11)7-9-2;1-2-3-4-5-6;1-4-2-3(5)6/h9H,3-7H2,1-2H3,(H,10,11);2-6H2,1H3;4H,2H2,1H3,(H,5,6). The number of amides is 1. The van der Waals surface area contributed by atoms with Crippen LogP contribution in [0.4, 0.5) is 0 Å². The lowest BCUT2D eigenvalue weighted by atomic mass is 10.2. The van der Waals surface area contributed by atoms with Crippen molar-refractivity contribution in [3.8, 4) is 0 Å². The van der Waals surface area contributed by atoms with Crippen LogP contribution in [0.2, 0.25) is 0 Å². The summed E-state index contributed by atoms with van der Waals surface area (Å²) in [6, 6.07) is 0. The molecular weight excluding hydrogens is 296 g/mol. The number of carbonyl (C=O) groups is 2. The van der Waals surface area contributed by atoms with Crippen molar-refractivity contribution in [2.24, 2.45) is 5.73 Å². The molecule has 0 aliphatic rings. The maximum Gasteiger partial charge on any atom is 0.317 e. The summed E-state index contributed by atoms with van der Waals surface area (Å²) in [4.78, 5) is 20.4. The van der Waals surface area contributed by atoms with Crippen LogP contribution < -0.4 is 21.7 Å². The minimum absolute atomic E-state index is 0.0417. The molecule has 0 aromatic rings. The van der Waals surface area contributed by atoms with Gasteiger partial charge in [-0.3, -0.25) is 9.59 Å². The molecule has 1 amide bonds. The van der Waals surface area contributed by atoms with Gasteiger partial charge in [0.2, 0.25) is 5.91 Å². The molecule has 0 bridgehead atoms. The number of carboxylic acid groups (broad SMARTS) is 1. The van der Waals surface area contributed by atoms with E-state index < -0.39 is 5.97 Å². The van der Waals surface area contributed by atoms with Gasteiger partial charge in [-0.1, -0.05) is 39.5 Å². The molecule has 0 aromatic carbocycles. The number of carboxylic acids is 1. The summed E-state index contributed by atoms with van der Waals surface area (Å²) in [5, 5.41) is 15.9. The Kier molecular flexibility index (Phi) is 29.9. The second kappa shape index (κ2) is 25.8. The Bertz CT molecular complexity index is 247. The van der Waals surface area contributed by atoms with Crippen molar-refractivity contribution in [2.45, 2.75) is 52.4 Å². The van der Waals surface area contributed by atoms with Gasteiger partial charge in [0.1, 0.15) is 0 Å². The Labute approximate surface area is 141 Å². The van der Waals surface area contributed by atoms with Crippen molar-refractivity contribution >= 4 is 11.9 Å². The molecule has 0 saturated heterocycles. The van der Waals surface area contributed by atoms with Gasteiger partial charge >= 0.3 is 5.97 Å². The number of nitrogens with one attached hydrogen (secondary N) is 3. The fraction of sp³-hybridized carbons (Fsp3) is 0.875. The molecule has 7 heteroatoms. The average Bonchev–Trinajstić information content (AvgIpc) is 2.51. The summed E-state index contributed by atoms with van der Waals surface area (Å²) in [6.45, 7) is 6.46. The summed E-state index contributed by atoms with van der Waals surface area (Å²) < 4.78 is 0. The van der Waals surface area contributed by atoms with Gasteiger partial charge in [-0.2, -0.15) is 0 Å². The zero-order valence-electron chi connectivity index (χ0n) is 15.4. The van der Waals surface area contributed by atoms with E-state index in [9.17, 15) is 9.59 Å². The highest BCUT2D eigenvalue weighted by molar-refractivity contribution is 5.77. The Morgan fingerprint density at radius 2 is 1.43 bits per heavy atom. The van der Waals surface area contributed by atoms with Crippen molar-refractivity contribution in [1.82, 2.24) is 16.0 Å². The first kappa shape index (κ1) is 26.7. The molecule has 6 N–H and O–H groups in total. The lowest BCUT2D eigenvalue weighted by molar-refractivity contribution is -0.135. The minimum atomic E-state index is -0.822. The highest BCUT2D eigenvalue weighted by Gasteiger charge is 1.95. The molecule has 23 heavy (non-hydrogen) atoms. The highest BCUT2D eigenvalue weighted by Crippen LogP contribution is 1.90. The topological polar surface area (TPSA) is 116 Å². The monoisotopic (exact) mass is 334 g/mol. The van der Waals surface area contributed by atoms with Gasteiger partial charge in [0.25, 0.3) is 0 Å². The summed E-state index contributed by atoms with van der Waals surface area (Å²) in [6.07, 6.45) is 7.23. The number of hydrogen-bond acceptors (Lipinski definition) is 5. The van der Waals surface area contributed by atoms with Gasteiger partial charge in [0.05, 0.1) is 13.1 Å². The van der Waals surface area contributed by atoms with Crippen molar-refractivity contribution in [2.75, 3.05) is 40.3 Å². The van der Waals surface area contributed by atoms with E-state index in [0.717, 1.165) is 19.5 Å². The number of likely N-dealkylation sites (N-methyl/N-ethyl adjacent to an activating group) is 2. The summed E-state index contributed by atoms with van der Waals surface area (Å²) in [5.74, 6) is -0.735. The second-order valence-corrected chi connectivity index (χ2v) is 5.01. The van der Waals surface area contributed by atoms with Gasteiger partial charge in [-0.25, -0.2) is 0 Å². The van der Waals surface area contributed by atoms with Crippen LogP contribution in [0.5, 0.6) is 0 Å². The molecule has 7 nitrogen and oxygen atoms in total. The van der Waals surface area contributed by atoms with Crippen LogP contribution >= 0.6 is 0 Å². The normalized spacial score (nSPS) is 9.09. The quantitative estimate of drug-likeness (QED) is 0.359. The molecule has 0 aliphatic carbocycles. The van der Waals surface area contributed by atoms with Crippen molar-refractivity contribution in [1.29, 1.82) is 0 Å². The number of carbonyl (C=O) groups excluding carboxylic acids is 1. The lowest BCUT2D eigenvalue weighted by Crippen LogP contribution is -2.32. The van der Waals surface area contributed by atoms with E-state index in [2.05, 4.69) is 29.8 Å². The third kappa shape index (κ3) is 38.6. The van der Waals surface area contributed by atoms with Crippen molar-refractivity contribution in [3.05, 3.63) is 0 Å². The molecule has 0 fully saturated rings. The first-order chi connectivity index (χ1) is 11.0. The van der Waals surface area contributed by atoms with Gasteiger partial charge in [0, 0.05) is 6.54 Å². The molecule has 0 saturated carbocycles. The molecule has 0 unspecified atom stereocenters. The summed E-state index contributed by atoms with van der Waals surface area (Å²) in [7, 11) is 3.36. The summed E-state index contributed by atoms with van der Waals surface area (Å²) in [5.41, 5.74) is 5.21. The molecular formula is C16H38N4O3. The number of nitrogens with two attached hydrogens (primary N) is 1. The maximum atomic E-state index is 10.8. The van der Waals surface area contributed by atoms with Crippen LogP contribution in [-0.2, 0) is 9.59 Å². The van der Waals surface area contributed by atoms with Crippen LogP contribution in [0.3, 0.4) is 0 Å². The molecule has 0 heterocycles. The average molecular weight is 335 g/mol. The Morgan fingerprint density at radius 3 is 1.74 bits per heavy atom. The van der Waals surface area contributed by atoms with Crippen LogP contribution in [0.25, 0.3) is 0 Å². The minimum Gasteiger partial charge on any atom is -0.480 e. The fourth-order valence-corrected chi connectivity index (χ4v) is 1.37. The van der Waals surface area contributed by atoms with E-state index in [4.69, 9.17) is 10.8 Å². The first-order valence-corrected chi connectivity index (χ1v) is 8.47. The third-order valence-corrected chi connectivity index (χ3v) is 2.58. The molecule has 0 rings (SSSR count). The van der Waals surface area contributed by atoms with Crippen molar-refractivity contribution in [3.63, 3.8) is 0 Å². The molecule has 0 aliphatic heterocycles. The zero-order valence-corrected chi connectivity index (χ0v) is 15.4. The number of hydrogen-bond donors (Lipinski definition) is 5. The first-order valence-electron chi connectivity index (χ1n) is 8.47. The molecule has 140 valence electrons. The largest absolute Gasteiger partial charge is 0.480 e. The molecule has 0 atom stereocenters. The van der Waals surface area contributed by atoms with Crippen LogP contribution in [0.1, 0.15) is 52.4 Å². The van der Waals surface area contributed by atoms with E-state index in [-0.39, 0.29) is 12.5 Å². The molecule has 0 spiro atoms. The van der Waals surface area contributed by atoms with E-state index in [0.29, 0.717) is 6.54 Å². The Morgan fingerprint density at radius 1 is 0.913 bits per heavy atom. The van der Waals surface area contributed by atoms with Crippen LogP contribution in [0, 0.1) is 0 Å². The predicted octanol–water partition coefficient (Wildman–Crippen LogP) is 0.938. The smallest absolute Gasteiger partial charge is 0.317 e. The number of rotatable bonds is 11. The van der Waals surface area contributed by atoms with Gasteiger partial charge in [0.15, 0.2) is 0 Å². The number of unbranched alkanes of at least 4 members (excludes halogenated alkanes) is 4.